The van der Waals surface area contributed by atoms with E-state index in [0.29, 0.717) is 0 Å². The van der Waals surface area contributed by atoms with E-state index in [1.165, 1.54) is 11.3 Å². The van der Waals surface area contributed by atoms with Gasteiger partial charge in [-0.2, -0.15) is 0 Å². The molecule has 0 saturated carbocycles. The first-order chi connectivity index (χ1) is 5.77. The van der Waals surface area contributed by atoms with Gasteiger partial charge in [-0.3, -0.25) is 0 Å². The highest BCUT2D eigenvalue weighted by molar-refractivity contribution is 9.11. The van der Waals surface area contributed by atoms with Crippen LogP contribution in [-0.2, 0) is 4.74 Å². The molecular weight excluding hydrogens is 238 g/mol. The number of halogens is 1. The van der Waals surface area contributed by atoms with Gasteiger partial charge in [0.05, 0.1) is 5.69 Å². The van der Waals surface area contributed by atoms with E-state index >= 15 is 0 Å². The van der Waals surface area contributed by atoms with Crippen LogP contribution in [0.1, 0.15) is 29.5 Å². The maximum absolute atomic E-state index is 5.56. The van der Waals surface area contributed by atoms with E-state index in [0.717, 1.165) is 22.6 Å². The van der Waals surface area contributed by atoms with E-state index in [4.69, 9.17) is 4.74 Å². The average Bonchev–Trinajstić information content (AvgIpc) is 2.58. The second-order valence-corrected chi connectivity index (χ2v) is 5.39. The third-order valence-corrected chi connectivity index (χ3v) is 3.48. The summed E-state index contributed by atoms with van der Waals surface area (Å²) in [6.45, 7) is 2.98. The van der Waals surface area contributed by atoms with E-state index in [1.54, 1.807) is 11.3 Å². The van der Waals surface area contributed by atoms with Crippen molar-refractivity contribution in [2.45, 2.75) is 25.9 Å². The van der Waals surface area contributed by atoms with Gasteiger partial charge in [0.25, 0.3) is 0 Å². The Bertz CT molecular complexity index is 281. The lowest BCUT2D eigenvalue weighted by atomic mass is 10.2. The lowest BCUT2D eigenvalue weighted by Crippen LogP contribution is -1.97. The van der Waals surface area contributed by atoms with Crippen molar-refractivity contribution in [1.82, 2.24) is 4.98 Å². The van der Waals surface area contributed by atoms with Crippen molar-refractivity contribution in [3.8, 4) is 0 Å². The highest BCUT2D eigenvalue weighted by atomic mass is 79.9. The number of ether oxygens (including phenoxy) is 1. The number of rotatable bonds is 1. The lowest BCUT2D eigenvalue weighted by Gasteiger charge is -2.05. The number of hydrogen-bond donors (Lipinski definition) is 0. The van der Waals surface area contributed by atoms with Crippen molar-refractivity contribution in [1.29, 1.82) is 0 Å². The van der Waals surface area contributed by atoms with Crippen LogP contribution in [-0.4, -0.2) is 11.6 Å². The first-order valence-electron chi connectivity index (χ1n) is 4.02. The first kappa shape index (κ1) is 8.66. The number of aromatic nitrogens is 1. The Hall–Kier alpha value is 0.0700. The SMILES string of the molecule is Cc1sc(Br)nc1C1CCCO1. The normalized spacial score (nSPS) is 23.3. The standard InChI is InChI=1S/C8H10BrNOS/c1-5-7(10-8(9)12-5)6-3-2-4-11-6/h6H,2-4H2,1H3. The third-order valence-electron chi connectivity index (χ3n) is 2.04. The molecule has 66 valence electrons. The van der Waals surface area contributed by atoms with E-state index in [9.17, 15) is 0 Å². The molecule has 1 atom stereocenters. The van der Waals surface area contributed by atoms with Gasteiger partial charge in [-0.1, -0.05) is 0 Å². The highest BCUT2D eigenvalue weighted by Gasteiger charge is 2.22. The molecule has 0 aliphatic carbocycles. The number of aryl methyl sites for hydroxylation is 1. The molecule has 0 spiro atoms. The largest absolute Gasteiger partial charge is 0.372 e. The maximum atomic E-state index is 5.56. The van der Waals surface area contributed by atoms with Gasteiger partial charge in [0.2, 0.25) is 0 Å². The highest BCUT2D eigenvalue weighted by Crippen LogP contribution is 2.33. The minimum absolute atomic E-state index is 0.257. The predicted molar refractivity (Wildman–Crippen MR) is 52.5 cm³/mol. The zero-order valence-corrected chi connectivity index (χ0v) is 9.24. The molecule has 2 heterocycles. The van der Waals surface area contributed by atoms with Crippen LogP contribution in [0.3, 0.4) is 0 Å². The average molecular weight is 248 g/mol. The molecule has 1 aliphatic heterocycles. The topological polar surface area (TPSA) is 22.1 Å². The van der Waals surface area contributed by atoms with Crippen molar-refractivity contribution in [3.63, 3.8) is 0 Å². The van der Waals surface area contributed by atoms with Gasteiger partial charge in [-0.05, 0) is 35.7 Å². The molecule has 1 fully saturated rings. The van der Waals surface area contributed by atoms with Crippen LogP contribution >= 0.6 is 27.3 Å². The molecule has 1 aromatic heterocycles. The Morgan fingerprint density at radius 1 is 1.67 bits per heavy atom. The van der Waals surface area contributed by atoms with Gasteiger partial charge in [0, 0.05) is 11.5 Å². The lowest BCUT2D eigenvalue weighted by molar-refractivity contribution is 0.108. The summed E-state index contributed by atoms with van der Waals surface area (Å²) in [5, 5.41) is 0. The fourth-order valence-corrected chi connectivity index (χ4v) is 3.06. The molecule has 2 rings (SSSR count). The molecule has 0 bridgehead atoms. The molecular formula is C8H10BrNOS. The Morgan fingerprint density at radius 2 is 2.50 bits per heavy atom. The van der Waals surface area contributed by atoms with Crippen LogP contribution in [0.25, 0.3) is 0 Å². The van der Waals surface area contributed by atoms with Gasteiger partial charge >= 0.3 is 0 Å². The van der Waals surface area contributed by atoms with Gasteiger partial charge in [-0.25, -0.2) is 4.98 Å². The van der Waals surface area contributed by atoms with Gasteiger partial charge < -0.3 is 4.74 Å². The van der Waals surface area contributed by atoms with E-state index in [-0.39, 0.29) is 6.10 Å². The molecule has 1 unspecified atom stereocenters. The fraction of sp³-hybridized carbons (Fsp3) is 0.625. The van der Waals surface area contributed by atoms with Crippen molar-refractivity contribution in [2.75, 3.05) is 6.61 Å². The number of thiazole rings is 1. The first-order valence-corrected chi connectivity index (χ1v) is 5.63. The van der Waals surface area contributed by atoms with Gasteiger partial charge in [-0.15, -0.1) is 11.3 Å². The third kappa shape index (κ3) is 1.56. The maximum Gasteiger partial charge on any atom is 0.159 e. The van der Waals surface area contributed by atoms with Crippen LogP contribution in [0.2, 0.25) is 0 Å². The number of hydrogen-bond acceptors (Lipinski definition) is 3. The fourth-order valence-electron chi connectivity index (χ4n) is 1.47. The molecule has 0 radical (unpaired) electrons. The van der Waals surface area contributed by atoms with Gasteiger partial charge in [0.1, 0.15) is 6.10 Å². The van der Waals surface area contributed by atoms with Crippen LogP contribution in [0.15, 0.2) is 3.92 Å². The van der Waals surface area contributed by atoms with E-state index < -0.39 is 0 Å². The van der Waals surface area contributed by atoms with Crippen molar-refractivity contribution < 1.29 is 4.74 Å². The monoisotopic (exact) mass is 247 g/mol. The zero-order valence-electron chi connectivity index (χ0n) is 6.84. The van der Waals surface area contributed by atoms with Crippen molar-refractivity contribution in [3.05, 3.63) is 14.5 Å². The van der Waals surface area contributed by atoms with E-state index in [1.807, 2.05) is 0 Å². The molecule has 4 heteroatoms. The molecule has 1 aliphatic rings. The Kier molecular flexibility index (Phi) is 2.48. The second kappa shape index (κ2) is 3.44. The summed E-state index contributed by atoms with van der Waals surface area (Å²) in [5.41, 5.74) is 1.13. The summed E-state index contributed by atoms with van der Waals surface area (Å²) in [6.07, 6.45) is 2.54. The molecule has 12 heavy (non-hydrogen) atoms. The van der Waals surface area contributed by atoms with Crippen molar-refractivity contribution in [2.24, 2.45) is 0 Å². The summed E-state index contributed by atoms with van der Waals surface area (Å²) in [7, 11) is 0. The van der Waals surface area contributed by atoms with E-state index in [2.05, 4.69) is 27.8 Å². The summed E-state index contributed by atoms with van der Waals surface area (Å²) >= 11 is 5.06. The number of nitrogens with zero attached hydrogens (tertiary/aromatic N) is 1. The summed E-state index contributed by atoms with van der Waals surface area (Å²) < 4.78 is 6.52. The Labute approximate surface area is 84.1 Å². The van der Waals surface area contributed by atoms with Crippen LogP contribution in [0.5, 0.6) is 0 Å². The minimum atomic E-state index is 0.257. The summed E-state index contributed by atoms with van der Waals surface area (Å²) in [6, 6.07) is 0. The summed E-state index contributed by atoms with van der Waals surface area (Å²) in [4.78, 5) is 5.67. The summed E-state index contributed by atoms with van der Waals surface area (Å²) in [5.74, 6) is 0. The molecule has 0 N–H and O–H groups in total. The van der Waals surface area contributed by atoms with Crippen LogP contribution < -0.4 is 0 Å². The van der Waals surface area contributed by atoms with Gasteiger partial charge in [0.15, 0.2) is 3.92 Å². The van der Waals surface area contributed by atoms with Crippen molar-refractivity contribution >= 4 is 27.3 Å². The molecule has 1 saturated heterocycles. The molecule has 0 amide bonds. The van der Waals surface area contributed by atoms with Crippen LogP contribution in [0.4, 0.5) is 0 Å². The Balaban J connectivity index is 2.25. The zero-order chi connectivity index (χ0) is 8.55. The van der Waals surface area contributed by atoms with Crippen LogP contribution in [0, 0.1) is 6.92 Å². The minimum Gasteiger partial charge on any atom is -0.372 e. The molecule has 1 aromatic rings. The predicted octanol–water partition coefficient (Wildman–Crippen LogP) is 3.07. The Morgan fingerprint density at radius 3 is 3.00 bits per heavy atom. The quantitative estimate of drug-likeness (QED) is 0.762. The molecule has 0 aromatic carbocycles. The smallest absolute Gasteiger partial charge is 0.159 e. The second-order valence-electron chi connectivity index (χ2n) is 2.91. The molecule has 2 nitrogen and oxygen atoms in total.